The predicted molar refractivity (Wildman–Crippen MR) is 119 cm³/mol. The number of hydrogen-bond acceptors (Lipinski definition) is 8. The highest BCUT2D eigenvalue weighted by atomic mass is 32.2. The van der Waals surface area contributed by atoms with E-state index in [4.69, 9.17) is 18.9 Å². The fourth-order valence-corrected chi connectivity index (χ4v) is 4.10. The SMILES string of the molecule is CCOC(=O)C1=C(O)/C(=C/c2cc3c(cc2OC)OCO3)SC1=NC(=O)c1ccccc1. The molecule has 8 nitrogen and oxygen atoms in total. The molecule has 2 aliphatic heterocycles. The van der Waals surface area contributed by atoms with Gasteiger partial charge in [-0.1, -0.05) is 30.0 Å². The molecule has 0 atom stereocenters. The average Bonchev–Trinajstić information content (AvgIpc) is 3.37. The summed E-state index contributed by atoms with van der Waals surface area (Å²) in [5.41, 5.74) is 0.787. The molecule has 2 aromatic rings. The van der Waals surface area contributed by atoms with E-state index in [2.05, 4.69) is 4.99 Å². The summed E-state index contributed by atoms with van der Waals surface area (Å²) in [6.07, 6.45) is 1.62. The van der Waals surface area contributed by atoms with Crippen molar-refractivity contribution in [3.8, 4) is 17.2 Å². The van der Waals surface area contributed by atoms with Crippen molar-refractivity contribution < 1.29 is 33.6 Å². The van der Waals surface area contributed by atoms with Gasteiger partial charge in [-0.25, -0.2) is 9.79 Å². The van der Waals surface area contributed by atoms with Crippen LogP contribution < -0.4 is 14.2 Å². The Kier molecular flexibility index (Phi) is 6.18. The van der Waals surface area contributed by atoms with E-state index in [9.17, 15) is 14.7 Å². The number of ether oxygens (including phenoxy) is 4. The summed E-state index contributed by atoms with van der Waals surface area (Å²) in [7, 11) is 1.51. The van der Waals surface area contributed by atoms with Gasteiger partial charge in [-0.3, -0.25) is 4.79 Å². The molecule has 0 fully saturated rings. The number of rotatable bonds is 5. The number of carbonyl (C=O) groups is 2. The van der Waals surface area contributed by atoms with Gasteiger partial charge in [-0.15, -0.1) is 0 Å². The first-order valence-corrected chi connectivity index (χ1v) is 10.5. The molecule has 2 heterocycles. The smallest absolute Gasteiger partial charge is 0.344 e. The van der Waals surface area contributed by atoms with Crippen molar-refractivity contribution in [1.29, 1.82) is 0 Å². The van der Waals surface area contributed by atoms with Crippen LogP contribution in [0, 0.1) is 0 Å². The van der Waals surface area contributed by atoms with Crippen molar-refractivity contribution in [3.63, 3.8) is 0 Å². The number of aliphatic hydroxyl groups excluding tert-OH is 1. The summed E-state index contributed by atoms with van der Waals surface area (Å²) >= 11 is 0.989. The molecule has 0 aliphatic carbocycles. The first-order chi connectivity index (χ1) is 15.5. The number of aliphatic hydroxyl groups is 1. The zero-order chi connectivity index (χ0) is 22.7. The van der Waals surface area contributed by atoms with Crippen LogP contribution in [0.25, 0.3) is 6.08 Å². The molecule has 0 radical (unpaired) electrons. The van der Waals surface area contributed by atoms with Crippen LogP contribution >= 0.6 is 11.8 Å². The molecule has 2 aliphatic rings. The van der Waals surface area contributed by atoms with Crippen LogP contribution in [0.4, 0.5) is 0 Å². The molecule has 0 saturated heterocycles. The van der Waals surface area contributed by atoms with Gasteiger partial charge in [0.1, 0.15) is 22.1 Å². The molecule has 1 amide bonds. The van der Waals surface area contributed by atoms with E-state index in [1.165, 1.54) is 7.11 Å². The van der Waals surface area contributed by atoms with E-state index in [0.717, 1.165) is 11.8 Å². The maximum Gasteiger partial charge on any atom is 0.344 e. The number of methoxy groups -OCH3 is 1. The second-order valence-electron chi connectivity index (χ2n) is 6.59. The second-order valence-corrected chi connectivity index (χ2v) is 7.62. The van der Waals surface area contributed by atoms with E-state index in [-0.39, 0.29) is 29.8 Å². The van der Waals surface area contributed by atoms with E-state index < -0.39 is 11.9 Å². The lowest BCUT2D eigenvalue weighted by molar-refractivity contribution is -0.138. The number of thioether (sulfide) groups is 1. The third-order valence-corrected chi connectivity index (χ3v) is 5.63. The molecule has 2 aromatic carbocycles. The molecular formula is C23H19NO7S. The Hall–Kier alpha value is -3.72. The lowest BCUT2D eigenvalue weighted by Gasteiger charge is -2.07. The number of esters is 1. The number of carbonyl (C=O) groups excluding carboxylic acids is 2. The zero-order valence-corrected chi connectivity index (χ0v) is 18.1. The number of amides is 1. The fourth-order valence-electron chi connectivity index (χ4n) is 3.10. The van der Waals surface area contributed by atoms with Crippen LogP contribution in [0.5, 0.6) is 17.2 Å². The van der Waals surface area contributed by atoms with Gasteiger partial charge < -0.3 is 24.1 Å². The molecule has 1 N–H and O–H groups in total. The summed E-state index contributed by atoms with van der Waals surface area (Å²) in [4.78, 5) is 29.5. The number of fused-ring (bicyclic) bond motifs is 1. The van der Waals surface area contributed by atoms with Crippen LogP contribution in [-0.4, -0.2) is 42.5 Å². The van der Waals surface area contributed by atoms with Crippen molar-refractivity contribution in [3.05, 3.63) is 69.8 Å². The Morgan fingerprint density at radius 2 is 1.91 bits per heavy atom. The quantitative estimate of drug-likeness (QED) is 0.674. The van der Waals surface area contributed by atoms with Gasteiger partial charge in [0.05, 0.1) is 18.6 Å². The lowest BCUT2D eigenvalue weighted by Crippen LogP contribution is -2.14. The van der Waals surface area contributed by atoms with Crippen LogP contribution in [-0.2, 0) is 9.53 Å². The van der Waals surface area contributed by atoms with Gasteiger partial charge in [0.25, 0.3) is 5.91 Å². The zero-order valence-electron chi connectivity index (χ0n) is 17.3. The van der Waals surface area contributed by atoms with Gasteiger partial charge in [0, 0.05) is 17.2 Å². The standard InChI is InChI=1S/C23H19NO7S/c1-3-29-23(27)19-20(25)18(32-22(19)24-21(26)13-7-5-4-6-8-13)10-14-9-16-17(31-12-30-16)11-15(14)28-2/h4-11,25H,3,12H2,1-2H3/b18-10-,24-22?. The first-order valence-electron chi connectivity index (χ1n) is 9.68. The van der Waals surface area contributed by atoms with Crippen LogP contribution in [0.1, 0.15) is 22.8 Å². The topological polar surface area (TPSA) is 104 Å². The molecule has 0 bridgehead atoms. The first kappa shape index (κ1) is 21.5. The third kappa shape index (κ3) is 4.19. The second kappa shape index (κ2) is 9.19. The predicted octanol–water partition coefficient (Wildman–Crippen LogP) is 4.13. The van der Waals surface area contributed by atoms with E-state index >= 15 is 0 Å². The van der Waals surface area contributed by atoms with E-state index in [1.807, 2.05) is 0 Å². The van der Waals surface area contributed by atoms with Crippen LogP contribution in [0.3, 0.4) is 0 Å². The Bertz CT molecular complexity index is 1170. The number of aliphatic imine (C=N–C) groups is 1. The Labute approximate surface area is 188 Å². The minimum Gasteiger partial charge on any atom is -0.506 e. The molecule has 9 heteroatoms. The molecule has 164 valence electrons. The summed E-state index contributed by atoms with van der Waals surface area (Å²) < 4.78 is 21.3. The Morgan fingerprint density at radius 3 is 2.59 bits per heavy atom. The van der Waals surface area contributed by atoms with Gasteiger partial charge in [0.15, 0.2) is 11.5 Å². The van der Waals surface area contributed by atoms with Crippen molar-refractivity contribution in [1.82, 2.24) is 0 Å². The van der Waals surface area contributed by atoms with Gasteiger partial charge in [-0.2, -0.15) is 0 Å². The maximum absolute atomic E-state index is 12.6. The normalized spacial score (nSPS) is 17.2. The summed E-state index contributed by atoms with van der Waals surface area (Å²) in [5.74, 6) is -0.0669. The third-order valence-electron chi connectivity index (χ3n) is 4.61. The number of benzene rings is 2. The molecule has 0 unspecified atom stereocenters. The Morgan fingerprint density at radius 1 is 1.19 bits per heavy atom. The summed E-state index contributed by atoms with van der Waals surface area (Å²) in [6, 6.07) is 11.8. The number of nitrogens with zero attached hydrogens (tertiary/aromatic N) is 1. The molecule has 32 heavy (non-hydrogen) atoms. The molecule has 0 aromatic heterocycles. The fraction of sp³-hybridized carbons (Fsp3) is 0.174. The lowest BCUT2D eigenvalue weighted by atomic mass is 10.1. The molecule has 0 spiro atoms. The van der Waals surface area contributed by atoms with Crippen molar-refractivity contribution in [2.75, 3.05) is 20.5 Å². The highest BCUT2D eigenvalue weighted by Gasteiger charge is 2.34. The molecular weight excluding hydrogens is 434 g/mol. The van der Waals surface area contributed by atoms with E-state index in [0.29, 0.717) is 33.3 Å². The largest absolute Gasteiger partial charge is 0.506 e. The van der Waals surface area contributed by atoms with E-state index in [1.54, 1.807) is 55.5 Å². The van der Waals surface area contributed by atoms with Crippen LogP contribution in [0.15, 0.2) is 63.7 Å². The highest BCUT2D eigenvalue weighted by Crippen LogP contribution is 2.43. The molecule has 4 rings (SSSR count). The van der Waals surface area contributed by atoms with Gasteiger partial charge >= 0.3 is 5.97 Å². The van der Waals surface area contributed by atoms with Gasteiger partial charge in [0.2, 0.25) is 6.79 Å². The minimum absolute atomic E-state index is 0.0563. The maximum atomic E-state index is 12.6. The monoisotopic (exact) mass is 453 g/mol. The summed E-state index contributed by atoms with van der Waals surface area (Å²) in [5, 5.41) is 10.9. The average molecular weight is 453 g/mol. The Balaban J connectivity index is 1.75. The van der Waals surface area contributed by atoms with Crippen molar-refractivity contribution in [2.24, 2.45) is 4.99 Å². The van der Waals surface area contributed by atoms with Crippen molar-refractivity contribution >= 4 is 34.8 Å². The minimum atomic E-state index is -0.766. The molecule has 0 saturated carbocycles. The van der Waals surface area contributed by atoms with Gasteiger partial charge in [-0.05, 0) is 31.2 Å². The number of hydrogen-bond donors (Lipinski definition) is 1. The highest BCUT2D eigenvalue weighted by molar-refractivity contribution is 8.18. The van der Waals surface area contributed by atoms with Crippen molar-refractivity contribution in [2.45, 2.75) is 6.92 Å². The van der Waals surface area contributed by atoms with Crippen LogP contribution in [0.2, 0.25) is 0 Å². The summed E-state index contributed by atoms with van der Waals surface area (Å²) in [6.45, 7) is 1.86.